The van der Waals surface area contributed by atoms with E-state index in [1.807, 2.05) is 24.3 Å². The Bertz CT molecular complexity index is 663. The molecule has 0 saturated heterocycles. The van der Waals surface area contributed by atoms with Crippen LogP contribution in [-0.2, 0) is 0 Å². The highest BCUT2D eigenvalue weighted by atomic mass is 35.5. The molecule has 2 nitrogen and oxygen atoms in total. The lowest BCUT2D eigenvalue weighted by Gasteiger charge is -2.01. The minimum atomic E-state index is -0.172. The summed E-state index contributed by atoms with van der Waals surface area (Å²) < 4.78 is 5.12. The van der Waals surface area contributed by atoms with Crippen LogP contribution < -0.4 is 4.74 Å². The minimum absolute atomic E-state index is 0.172. The second-order valence-electron chi connectivity index (χ2n) is 4.10. The van der Waals surface area contributed by atoms with Crippen LogP contribution >= 0.6 is 23.2 Å². The molecule has 0 saturated carbocycles. The lowest BCUT2D eigenvalue weighted by atomic mass is 10.1. The third-order valence-electron chi connectivity index (χ3n) is 2.72. The molecule has 2 aromatic carbocycles. The summed E-state index contributed by atoms with van der Waals surface area (Å²) in [5, 5.41) is 0.848. The third-order valence-corrected chi connectivity index (χ3v) is 3.27. The monoisotopic (exact) mass is 306 g/mol. The predicted molar refractivity (Wildman–Crippen MR) is 82.8 cm³/mol. The zero-order valence-corrected chi connectivity index (χ0v) is 12.3. The van der Waals surface area contributed by atoms with Gasteiger partial charge in [-0.15, -0.1) is 0 Å². The minimum Gasteiger partial charge on any atom is -0.497 e. The highest BCUT2D eigenvalue weighted by molar-refractivity contribution is 6.37. The van der Waals surface area contributed by atoms with Crippen LogP contribution in [0.5, 0.6) is 5.75 Å². The Morgan fingerprint density at radius 3 is 2.65 bits per heavy atom. The summed E-state index contributed by atoms with van der Waals surface area (Å²) >= 11 is 11.8. The van der Waals surface area contributed by atoms with Crippen molar-refractivity contribution < 1.29 is 9.53 Å². The predicted octanol–water partition coefficient (Wildman–Crippen LogP) is 4.90. The summed E-state index contributed by atoms with van der Waals surface area (Å²) in [6.07, 6.45) is 3.19. The van der Waals surface area contributed by atoms with Crippen molar-refractivity contribution in [2.75, 3.05) is 7.11 Å². The van der Waals surface area contributed by atoms with E-state index in [2.05, 4.69) is 0 Å². The molecule has 0 spiro atoms. The topological polar surface area (TPSA) is 26.3 Å². The molecule has 0 N–H and O–H groups in total. The highest BCUT2D eigenvalue weighted by Crippen LogP contribution is 2.22. The Balaban J connectivity index is 2.20. The van der Waals surface area contributed by atoms with Crippen LogP contribution in [0.1, 0.15) is 15.9 Å². The molecular formula is C16H12Cl2O2. The van der Waals surface area contributed by atoms with Gasteiger partial charge in [0.25, 0.3) is 0 Å². The number of hydrogen-bond acceptors (Lipinski definition) is 2. The van der Waals surface area contributed by atoms with E-state index in [0.717, 1.165) is 11.3 Å². The third kappa shape index (κ3) is 3.62. The van der Waals surface area contributed by atoms with Crippen molar-refractivity contribution in [3.05, 3.63) is 69.7 Å². The van der Waals surface area contributed by atoms with Crippen LogP contribution in [0.3, 0.4) is 0 Å². The van der Waals surface area contributed by atoms with Crippen molar-refractivity contribution in [2.45, 2.75) is 0 Å². The smallest absolute Gasteiger partial charge is 0.187 e. The molecule has 0 radical (unpaired) electrons. The Kier molecular flexibility index (Phi) is 4.83. The maximum Gasteiger partial charge on any atom is 0.187 e. The molecule has 0 aliphatic heterocycles. The quantitative estimate of drug-likeness (QED) is 0.593. The summed E-state index contributed by atoms with van der Waals surface area (Å²) in [5.74, 6) is 0.568. The lowest BCUT2D eigenvalue weighted by Crippen LogP contribution is -1.95. The number of methoxy groups -OCH3 is 1. The number of halogens is 2. The molecule has 2 aromatic rings. The van der Waals surface area contributed by atoms with Crippen molar-refractivity contribution in [1.82, 2.24) is 0 Å². The molecule has 0 fully saturated rings. The first-order valence-electron chi connectivity index (χ1n) is 5.91. The Morgan fingerprint density at radius 2 is 1.95 bits per heavy atom. The van der Waals surface area contributed by atoms with E-state index in [1.165, 1.54) is 6.08 Å². The molecule has 0 aliphatic rings. The van der Waals surface area contributed by atoms with Gasteiger partial charge in [0, 0.05) is 10.6 Å². The number of ether oxygens (including phenoxy) is 1. The van der Waals surface area contributed by atoms with Gasteiger partial charge in [0.2, 0.25) is 0 Å². The maximum absolute atomic E-state index is 12.1. The van der Waals surface area contributed by atoms with E-state index in [-0.39, 0.29) is 5.78 Å². The molecule has 102 valence electrons. The van der Waals surface area contributed by atoms with Crippen LogP contribution in [0.2, 0.25) is 10.0 Å². The first-order valence-corrected chi connectivity index (χ1v) is 6.67. The number of hydrogen-bond donors (Lipinski definition) is 0. The molecule has 4 heteroatoms. The van der Waals surface area contributed by atoms with Crippen LogP contribution in [0.4, 0.5) is 0 Å². The van der Waals surface area contributed by atoms with Gasteiger partial charge in [0.05, 0.1) is 12.1 Å². The maximum atomic E-state index is 12.1. The van der Waals surface area contributed by atoms with E-state index >= 15 is 0 Å². The van der Waals surface area contributed by atoms with E-state index in [9.17, 15) is 4.79 Å². The number of benzene rings is 2. The van der Waals surface area contributed by atoms with Crippen molar-refractivity contribution in [2.24, 2.45) is 0 Å². The van der Waals surface area contributed by atoms with E-state index in [0.29, 0.717) is 15.6 Å². The molecule has 0 bridgehead atoms. The van der Waals surface area contributed by atoms with Gasteiger partial charge in [-0.1, -0.05) is 41.4 Å². The van der Waals surface area contributed by atoms with Gasteiger partial charge in [-0.05, 0) is 42.0 Å². The normalized spacial score (nSPS) is 10.8. The average molecular weight is 307 g/mol. The van der Waals surface area contributed by atoms with Gasteiger partial charge >= 0.3 is 0 Å². The Hall–Kier alpha value is -1.77. The van der Waals surface area contributed by atoms with Gasteiger partial charge in [-0.25, -0.2) is 0 Å². The zero-order valence-electron chi connectivity index (χ0n) is 10.8. The summed E-state index contributed by atoms with van der Waals surface area (Å²) in [6, 6.07) is 12.2. The van der Waals surface area contributed by atoms with Crippen LogP contribution in [0.25, 0.3) is 6.08 Å². The molecular weight excluding hydrogens is 295 g/mol. The fraction of sp³-hybridized carbons (Fsp3) is 0.0625. The van der Waals surface area contributed by atoms with E-state index < -0.39 is 0 Å². The Labute approximate surface area is 127 Å². The lowest BCUT2D eigenvalue weighted by molar-refractivity contribution is 0.104. The van der Waals surface area contributed by atoms with Crippen molar-refractivity contribution in [1.29, 1.82) is 0 Å². The van der Waals surface area contributed by atoms with Crippen molar-refractivity contribution >= 4 is 35.1 Å². The van der Waals surface area contributed by atoms with Crippen LogP contribution in [-0.4, -0.2) is 12.9 Å². The van der Waals surface area contributed by atoms with E-state index in [4.69, 9.17) is 27.9 Å². The highest BCUT2D eigenvalue weighted by Gasteiger charge is 2.07. The number of allylic oxidation sites excluding steroid dienone is 1. The molecule has 0 amide bonds. The number of carbonyl (C=O) groups is 1. The van der Waals surface area contributed by atoms with Crippen molar-refractivity contribution in [3.8, 4) is 5.75 Å². The van der Waals surface area contributed by atoms with Gasteiger partial charge in [-0.3, -0.25) is 4.79 Å². The van der Waals surface area contributed by atoms with Gasteiger partial charge < -0.3 is 4.74 Å². The summed E-state index contributed by atoms with van der Waals surface area (Å²) in [6.45, 7) is 0. The molecule has 0 aromatic heterocycles. The van der Waals surface area contributed by atoms with Crippen LogP contribution in [0, 0.1) is 0 Å². The summed E-state index contributed by atoms with van der Waals surface area (Å²) in [7, 11) is 1.60. The molecule has 0 heterocycles. The number of ketones is 1. The molecule has 0 aliphatic carbocycles. The molecule has 20 heavy (non-hydrogen) atoms. The first kappa shape index (κ1) is 14.6. The van der Waals surface area contributed by atoms with Crippen LogP contribution in [0.15, 0.2) is 48.5 Å². The van der Waals surface area contributed by atoms with E-state index in [1.54, 1.807) is 31.4 Å². The second-order valence-corrected chi connectivity index (χ2v) is 4.94. The Morgan fingerprint density at radius 1 is 1.15 bits per heavy atom. The fourth-order valence-corrected chi connectivity index (χ4v) is 2.20. The fourth-order valence-electron chi connectivity index (χ4n) is 1.70. The largest absolute Gasteiger partial charge is 0.497 e. The standard InChI is InChI=1S/C16H12Cl2O2/c1-20-13-4-2-3-11(9-13)5-8-16(19)14-7-6-12(17)10-15(14)18/h2-10H,1H3/b8-5+. The number of carbonyl (C=O) groups excluding carboxylic acids is 1. The second kappa shape index (κ2) is 6.60. The summed E-state index contributed by atoms with van der Waals surface area (Å²) in [5.41, 5.74) is 1.30. The van der Waals surface area contributed by atoms with Crippen molar-refractivity contribution in [3.63, 3.8) is 0 Å². The number of rotatable bonds is 4. The molecule has 2 rings (SSSR count). The SMILES string of the molecule is COc1cccc(/C=C/C(=O)c2ccc(Cl)cc2Cl)c1. The zero-order chi connectivity index (χ0) is 14.5. The van der Waals surface area contributed by atoms with Gasteiger partial charge in [-0.2, -0.15) is 0 Å². The molecule has 0 unspecified atom stereocenters. The van der Waals surface area contributed by atoms with Gasteiger partial charge in [0.15, 0.2) is 5.78 Å². The summed E-state index contributed by atoms with van der Waals surface area (Å²) in [4.78, 5) is 12.1. The van der Waals surface area contributed by atoms with Gasteiger partial charge in [0.1, 0.15) is 5.75 Å². The molecule has 0 atom stereocenters. The average Bonchev–Trinajstić information content (AvgIpc) is 2.45. The first-order chi connectivity index (χ1) is 9.60.